The van der Waals surface area contributed by atoms with Crippen LogP contribution in [-0.4, -0.2) is 16.8 Å². The van der Waals surface area contributed by atoms with Gasteiger partial charge in [-0.05, 0) is 48.2 Å². The zero-order valence-electron chi connectivity index (χ0n) is 21.6. The lowest BCUT2D eigenvalue weighted by atomic mass is 9.74. The van der Waals surface area contributed by atoms with Gasteiger partial charge in [0.25, 0.3) is 0 Å². The summed E-state index contributed by atoms with van der Waals surface area (Å²) in [6.07, 6.45) is 0.938. The lowest BCUT2D eigenvalue weighted by Crippen LogP contribution is -2.41. The van der Waals surface area contributed by atoms with Gasteiger partial charge in [-0.3, -0.25) is 14.5 Å². The Bertz CT molecular complexity index is 1370. The molecule has 2 aromatic carbocycles. The summed E-state index contributed by atoms with van der Waals surface area (Å²) in [5.41, 5.74) is 1.84. The van der Waals surface area contributed by atoms with Gasteiger partial charge in [-0.2, -0.15) is 0 Å². The number of nitrogens with zero attached hydrogens (tertiary/aromatic N) is 1. The van der Waals surface area contributed by atoms with Gasteiger partial charge < -0.3 is 19.6 Å². The number of furan rings is 1. The number of hydrogen-bond donors (Lipinski definition) is 2. The lowest BCUT2D eigenvalue weighted by molar-refractivity contribution is -0.122. The van der Waals surface area contributed by atoms with Gasteiger partial charge in [0, 0.05) is 23.6 Å². The summed E-state index contributed by atoms with van der Waals surface area (Å²) < 4.78 is 12.1. The van der Waals surface area contributed by atoms with E-state index in [1.165, 1.54) is 0 Å². The highest BCUT2D eigenvalue weighted by Crippen LogP contribution is 2.50. The van der Waals surface area contributed by atoms with Gasteiger partial charge in [-0.1, -0.05) is 52.0 Å². The van der Waals surface area contributed by atoms with Crippen LogP contribution in [0.3, 0.4) is 0 Å². The van der Waals surface area contributed by atoms with Gasteiger partial charge in [0.1, 0.15) is 41.4 Å². The molecule has 2 aliphatic rings. The highest BCUT2D eigenvalue weighted by molar-refractivity contribution is 6.07. The number of benzene rings is 2. The second kappa shape index (κ2) is 9.47. The number of carbonyl (C=O) groups excluding carboxylic acids is 2. The maximum absolute atomic E-state index is 13.8. The van der Waals surface area contributed by atoms with Crippen LogP contribution in [-0.2, 0) is 16.2 Å². The summed E-state index contributed by atoms with van der Waals surface area (Å²) in [4.78, 5) is 29.1. The van der Waals surface area contributed by atoms with Gasteiger partial charge >= 0.3 is 0 Å². The molecular weight excluding hydrogens is 468 g/mol. The van der Waals surface area contributed by atoms with Crippen LogP contribution in [0.15, 0.2) is 76.4 Å². The van der Waals surface area contributed by atoms with Crippen LogP contribution < -0.4 is 15.0 Å². The Morgan fingerprint density at radius 1 is 1.11 bits per heavy atom. The second-order valence-electron chi connectivity index (χ2n) is 10.8. The lowest BCUT2D eigenvalue weighted by Gasteiger charge is -2.36. The highest BCUT2D eigenvalue weighted by Gasteiger charge is 2.45. The molecule has 5 rings (SSSR count). The third-order valence-electron chi connectivity index (χ3n) is 6.82. The minimum absolute atomic E-state index is 0.0128. The van der Waals surface area contributed by atoms with Crippen molar-refractivity contribution >= 4 is 23.1 Å². The predicted molar refractivity (Wildman–Crippen MR) is 141 cm³/mol. The molecule has 1 aliphatic carbocycles. The van der Waals surface area contributed by atoms with Crippen molar-refractivity contribution in [3.05, 3.63) is 83.5 Å². The average Bonchev–Trinajstić information content (AvgIpc) is 3.26. The Balaban J connectivity index is 1.64. The van der Waals surface area contributed by atoms with Gasteiger partial charge in [-0.25, -0.2) is 0 Å². The van der Waals surface area contributed by atoms with Crippen molar-refractivity contribution in [1.29, 1.82) is 0 Å². The molecule has 1 amide bonds. The fourth-order valence-electron chi connectivity index (χ4n) is 5.12. The number of hydrogen-bond acceptors (Lipinski definition) is 6. The molecule has 0 bridgehead atoms. The topological polar surface area (TPSA) is 92.0 Å². The Labute approximate surface area is 216 Å². The summed E-state index contributed by atoms with van der Waals surface area (Å²) in [7, 11) is 0. The van der Waals surface area contributed by atoms with Crippen molar-refractivity contribution < 1.29 is 23.8 Å². The number of amides is 1. The maximum atomic E-state index is 13.8. The van der Waals surface area contributed by atoms with Gasteiger partial charge in [0.05, 0.1) is 5.69 Å². The van der Waals surface area contributed by atoms with Crippen molar-refractivity contribution in [2.24, 2.45) is 11.3 Å². The van der Waals surface area contributed by atoms with Crippen LogP contribution in [0.5, 0.6) is 11.5 Å². The number of ketones is 1. The number of nitrogens with one attached hydrogen (secondary N) is 1. The molecule has 0 saturated heterocycles. The quantitative estimate of drug-likeness (QED) is 0.396. The first-order valence-corrected chi connectivity index (χ1v) is 12.6. The number of rotatable bonds is 5. The number of para-hydroxylation sites is 2. The van der Waals surface area contributed by atoms with Gasteiger partial charge in [0.2, 0.25) is 5.91 Å². The van der Waals surface area contributed by atoms with Crippen LogP contribution >= 0.6 is 0 Å². The summed E-state index contributed by atoms with van der Waals surface area (Å²) in [5, 5.41) is 14.1. The molecule has 7 heteroatoms. The van der Waals surface area contributed by atoms with Crippen molar-refractivity contribution in [2.75, 3.05) is 10.2 Å². The maximum Gasteiger partial charge on any atom is 0.230 e. The molecule has 2 N–H and O–H groups in total. The van der Waals surface area contributed by atoms with Crippen molar-refractivity contribution in [1.82, 2.24) is 0 Å². The van der Waals surface area contributed by atoms with Crippen LogP contribution in [0.25, 0.3) is 0 Å². The van der Waals surface area contributed by atoms with Gasteiger partial charge in [0.15, 0.2) is 5.78 Å². The van der Waals surface area contributed by atoms with E-state index >= 15 is 0 Å². The Hall–Kier alpha value is -4.00. The molecule has 0 radical (unpaired) electrons. The van der Waals surface area contributed by atoms with E-state index in [1.807, 2.05) is 64.1 Å². The summed E-state index contributed by atoms with van der Waals surface area (Å²) in [5.74, 6) is 1.20. The number of fused-ring (bicyclic) bond motifs is 1. The van der Waals surface area contributed by atoms with E-state index in [0.717, 1.165) is 5.75 Å². The van der Waals surface area contributed by atoms with Crippen LogP contribution in [0.1, 0.15) is 58.1 Å². The molecule has 192 valence electrons. The third-order valence-corrected chi connectivity index (χ3v) is 6.82. The van der Waals surface area contributed by atoms with Crippen molar-refractivity contribution in [3.8, 4) is 11.5 Å². The molecule has 37 heavy (non-hydrogen) atoms. The molecule has 1 atom stereocenters. The molecule has 0 fully saturated rings. The smallest absolute Gasteiger partial charge is 0.230 e. The minimum Gasteiger partial charge on any atom is -0.506 e. The zero-order chi connectivity index (χ0) is 26.3. The molecule has 7 nitrogen and oxygen atoms in total. The van der Waals surface area contributed by atoms with E-state index < -0.39 is 6.04 Å². The molecule has 3 aromatic rings. The normalized spacial score (nSPS) is 18.7. The Morgan fingerprint density at radius 2 is 1.86 bits per heavy atom. The predicted octanol–water partition coefficient (Wildman–Crippen LogP) is 6.36. The molecule has 2 heterocycles. The van der Waals surface area contributed by atoms with Crippen molar-refractivity contribution in [2.45, 2.75) is 53.2 Å². The van der Waals surface area contributed by atoms with E-state index in [1.54, 1.807) is 29.2 Å². The molecule has 0 saturated carbocycles. The fourth-order valence-corrected chi connectivity index (χ4v) is 5.12. The number of anilines is 2. The number of carbonyl (C=O) groups is 2. The first-order chi connectivity index (χ1) is 17.6. The number of phenolic OH excluding ortho intramolecular Hbond substituents is 1. The highest BCUT2D eigenvalue weighted by atomic mass is 16.5. The van der Waals surface area contributed by atoms with E-state index in [-0.39, 0.29) is 35.4 Å². The molecule has 1 aliphatic heterocycles. The average molecular weight is 501 g/mol. The number of ether oxygens (including phenoxy) is 1. The van der Waals surface area contributed by atoms with Crippen LogP contribution in [0.2, 0.25) is 0 Å². The van der Waals surface area contributed by atoms with E-state index in [2.05, 4.69) is 5.32 Å². The largest absolute Gasteiger partial charge is 0.506 e. The summed E-state index contributed by atoms with van der Waals surface area (Å²) in [6, 6.07) is 17.3. The minimum atomic E-state index is -0.783. The number of allylic oxidation sites excluding steroid dienone is 1. The molecule has 1 aromatic heterocycles. The number of phenols is 1. The zero-order valence-corrected chi connectivity index (χ0v) is 21.6. The third kappa shape index (κ3) is 4.73. The first-order valence-electron chi connectivity index (χ1n) is 12.6. The monoisotopic (exact) mass is 500 g/mol. The van der Waals surface area contributed by atoms with Crippen LogP contribution in [0.4, 0.5) is 11.4 Å². The van der Waals surface area contributed by atoms with Gasteiger partial charge in [-0.15, -0.1) is 0 Å². The number of Topliss-reactive ketones (excluding diaryl/α,β-unsaturated/α-hetero) is 1. The van der Waals surface area contributed by atoms with Crippen LogP contribution in [0, 0.1) is 11.3 Å². The second-order valence-corrected chi connectivity index (χ2v) is 10.8. The summed E-state index contributed by atoms with van der Waals surface area (Å²) >= 11 is 0. The van der Waals surface area contributed by atoms with E-state index in [4.69, 9.17) is 9.15 Å². The van der Waals surface area contributed by atoms with E-state index in [9.17, 15) is 14.7 Å². The SMILES string of the molecule is CC(C)C(=O)N1c2cccc(O)c2NC2=C(C(=O)CC(C)(C)C2)C1c1ccc(COc2ccccc2)o1. The van der Waals surface area contributed by atoms with E-state index in [0.29, 0.717) is 47.0 Å². The molecular formula is C30H32N2O5. The Kier molecular flexibility index (Phi) is 6.31. The van der Waals surface area contributed by atoms with Crippen molar-refractivity contribution in [3.63, 3.8) is 0 Å². The molecule has 0 spiro atoms. The molecule has 1 unspecified atom stereocenters. The summed E-state index contributed by atoms with van der Waals surface area (Å²) in [6.45, 7) is 7.94. The standard InChI is InChI=1S/C30H32N2O5/c1-18(2)29(35)32-22-11-8-12-23(33)27(22)31-21-15-30(3,4)16-24(34)26(21)28(32)25-14-13-20(37-25)17-36-19-9-6-5-7-10-19/h5-14,18,28,31,33H,15-17H2,1-4H3. The fraction of sp³-hybridized carbons (Fsp3) is 0.333. The first kappa shape index (κ1) is 24.7. The number of aromatic hydroxyl groups is 1. The Morgan fingerprint density at radius 3 is 2.59 bits per heavy atom.